The monoisotopic (exact) mass is 363 g/mol. The van der Waals surface area contributed by atoms with Gasteiger partial charge in [-0.1, -0.05) is 0 Å². The summed E-state index contributed by atoms with van der Waals surface area (Å²) in [6.45, 7) is -3.86. The van der Waals surface area contributed by atoms with E-state index >= 15 is 0 Å². The second kappa shape index (κ2) is 4.52. The first kappa shape index (κ1) is 19.1. The molecule has 1 saturated heterocycles. The van der Waals surface area contributed by atoms with Crippen LogP contribution in [0.1, 0.15) is 0 Å². The molecule has 0 unspecified atom stereocenters. The minimum absolute atomic E-state index is 1.89. The number of alkyl halides is 13. The summed E-state index contributed by atoms with van der Waals surface area (Å²) in [6, 6.07) is -13.2. The normalized spacial score (nSPS) is 27.7. The Morgan fingerprint density at radius 2 is 1.00 bits per heavy atom. The Bertz CT molecular complexity index is 414. The third-order valence-electron chi connectivity index (χ3n) is 2.41. The summed E-state index contributed by atoms with van der Waals surface area (Å²) in [5, 5.41) is 0. The lowest BCUT2D eigenvalue weighted by molar-refractivity contribution is -0.566. The molecule has 1 fully saturated rings. The van der Waals surface area contributed by atoms with Crippen LogP contribution in [0.2, 0.25) is 0 Å². The highest BCUT2D eigenvalue weighted by molar-refractivity contribution is 4.97. The molecule has 1 rings (SSSR count). The maximum atomic E-state index is 12.9. The van der Waals surface area contributed by atoms with Crippen LogP contribution in [0.15, 0.2) is 0 Å². The van der Waals surface area contributed by atoms with Crippen molar-refractivity contribution in [3.8, 4) is 0 Å². The molecule has 0 atom stereocenters. The van der Waals surface area contributed by atoms with Crippen molar-refractivity contribution in [3.05, 3.63) is 0 Å². The number of morpholine rings is 1. The largest absolute Gasteiger partial charge is 0.454 e. The molecule has 0 N–H and O–H groups in total. The lowest BCUT2D eigenvalue weighted by atomic mass is 10.2. The molecule has 0 aliphatic carbocycles. The summed E-state index contributed by atoms with van der Waals surface area (Å²) >= 11 is 0. The average molecular weight is 363 g/mol. The second-order valence-corrected chi connectivity index (χ2v) is 4.01. The molecular formula is C7H2F13NO. The van der Waals surface area contributed by atoms with Crippen molar-refractivity contribution in [3.63, 3.8) is 0 Å². The Morgan fingerprint density at radius 3 is 1.27 bits per heavy atom. The minimum atomic E-state index is -6.73. The van der Waals surface area contributed by atoms with Gasteiger partial charge in [0, 0.05) is 0 Å². The first-order chi connectivity index (χ1) is 9.30. The van der Waals surface area contributed by atoms with E-state index in [1.54, 1.807) is 0 Å². The van der Waals surface area contributed by atoms with Crippen LogP contribution in [-0.2, 0) is 4.74 Å². The zero-order valence-corrected chi connectivity index (χ0v) is 9.48. The molecule has 1 aliphatic rings. The molecule has 0 aromatic heterocycles. The van der Waals surface area contributed by atoms with Crippen molar-refractivity contribution in [1.29, 1.82) is 0 Å². The molecule has 0 bridgehead atoms. The quantitative estimate of drug-likeness (QED) is 0.545. The predicted octanol–water partition coefficient (Wildman–Crippen LogP) is 3.89. The summed E-state index contributed by atoms with van der Waals surface area (Å²) in [4.78, 5) is -2.93. The highest BCUT2D eigenvalue weighted by Crippen LogP contribution is 2.56. The van der Waals surface area contributed by atoms with Gasteiger partial charge in [0.1, 0.15) is 0 Å². The molecule has 0 aromatic carbocycles. The van der Waals surface area contributed by atoms with Crippen LogP contribution in [0.4, 0.5) is 57.1 Å². The number of halogens is 13. The van der Waals surface area contributed by atoms with Crippen LogP contribution in [0, 0.1) is 0 Å². The van der Waals surface area contributed by atoms with Crippen LogP contribution in [0.5, 0.6) is 0 Å². The molecule has 0 radical (unpaired) electrons. The molecule has 0 spiro atoms. The summed E-state index contributed by atoms with van der Waals surface area (Å²) in [5.74, 6) is -6.41. The fourth-order valence-electron chi connectivity index (χ4n) is 1.26. The molecule has 0 amide bonds. The van der Waals surface area contributed by atoms with E-state index < -0.39 is 47.9 Å². The van der Waals surface area contributed by atoms with E-state index in [2.05, 4.69) is 0 Å². The fourth-order valence-corrected chi connectivity index (χ4v) is 1.26. The fraction of sp³-hybridized carbons (Fsp3) is 1.00. The van der Waals surface area contributed by atoms with E-state index in [0.717, 1.165) is 0 Å². The van der Waals surface area contributed by atoms with Gasteiger partial charge in [-0.15, -0.1) is 0 Å². The van der Waals surface area contributed by atoms with Crippen molar-refractivity contribution < 1.29 is 61.8 Å². The van der Waals surface area contributed by atoms with Gasteiger partial charge in [0.05, 0.1) is 6.54 Å². The van der Waals surface area contributed by atoms with Crippen molar-refractivity contribution >= 4 is 0 Å². The van der Waals surface area contributed by atoms with E-state index in [4.69, 9.17) is 0 Å². The summed E-state index contributed by atoms with van der Waals surface area (Å²) in [7, 11) is 0. The molecule has 132 valence electrons. The van der Waals surface area contributed by atoms with Gasteiger partial charge in [0.2, 0.25) is 0 Å². The molecule has 1 aliphatic heterocycles. The second-order valence-electron chi connectivity index (χ2n) is 4.01. The van der Waals surface area contributed by atoms with Crippen LogP contribution in [0.3, 0.4) is 0 Å². The van der Waals surface area contributed by atoms with E-state index in [0.29, 0.717) is 0 Å². The summed E-state index contributed by atoms with van der Waals surface area (Å²) < 4.78 is 165. The van der Waals surface area contributed by atoms with E-state index in [1.807, 2.05) is 4.74 Å². The zero-order valence-electron chi connectivity index (χ0n) is 9.48. The van der Waals surface area contributed by atoms with Crippen molar-refractivity contribution in [1.82, 2.24) is 4.90 Å². The minimum Gasteiger partial charge on any atom is -0.243 e. The number of nitrogens with zero attached hydrogens (tertiary/aromatic N) is 1. The Balaban J connectivity index is 3.39. The SMILES string of the molecule is FC(F)(F)C(F)(F)CN1C(F)(F)C(F)(F)OC(F)(F)C1(F)F. The summed E-state index contributed by atoms with van der Waals surface area (Å²) in [6.07, 6.45) is -19.7. The third-order valence-corrected chi connectivity index (χ3v) is 2.41. The van der Waals surface area contributed by atoms with Crippen LogP contribution in [0.25, 0.3) is 0 Å². The molecule has 1 heterocycles. The van der Waals surface area contributed by atoms with Gasteiger partial charge in [-0.3, -0.25) is 0 Å². The van der Waals surface area contributed by atoms with Gasteiger partial charge in [-0.05, 0) is 0 Å². The lowest BCUT2D eigenvalue weighted by Crippen LogP contribution is -2.75. The first-order valence-corrected chi connectivity index (χ1v) is 4.73. The topological polar surface area (TPSA) is 12.5 Å². The maximum Gasteiger partial charge on any atom is 0.454 e. The maximum absolute atomic E-state index is 12.9. The van der Waals surface area contributed by atoms with Crippen LogP contribution < -0.4 is 0 Å². The van der Waals surface area contributed by atoms with Crippen LogP contribution in [-0.4, -0.2) is 47.9 Å². The Labute approximate surface area is 111 Å². The van der Waals surface area contributed by atoms with Crippen LogP contribution >= 0.6 is 0 Å². The number of ether oxygens (including phenoxy) is 1. The number of hydrogen-bond acceptors (Lipinski definition) is 2. The lowest BCUT2D eigenvalue weighted by Gasteiger charge is -2.47. The number of rotatable bonds is 2. The van der Waals surface area contributed by atoms with Crippen molar-refractivity contribution in [2.75, 3.05) is 6.54 Å². The van der Waals surface area contributed by atoms with Gasteiger partial charge in [-0.2, -0.15) is 62.0 Å². The van der Waals surface area contributed by atoms with E-state index in [9.17, 15) is 57.1 Å². The van der Waals surface area contributed by atoms with Crippen molar-refractivity contribution in [2.24, 2.45) is 0 Å². The zero-order chi connectivity index (χ0) is 18.0. The molecule has 15 heteroatoms. The highest BCUT2D eigenvalue weighted by atomic mass is 19.4. The smallest absolute Gasteiger partial charge is 0.243 e. The van der Waals surface area contributed by atoms with Gasteiger partial charge in [0.25, 0.3) is 0 Å². The molecular weight excluding hydrogens is 361 g/mol. The standard InChI is InChI=1S/C7H2F13NO/c8-2(9,3(10,11)12)1-21-4(13,14)6(17,18)22-7(19,20)5(21,15)16/h1H2. The molecule has 0 aromatic rings. The van der Waals surface area contributed by atoms with Gasteiger partial charge in [0.15, 0.2) is 0 Å². The Morgan fingerprint density at radius 1 is 0.682 bits per heavy atom. The number of hydrogen-bond donors (Lipinski definition) is 0. The van der Waals surface area contributed by atoms with Gasteiger partial charge >= 0.3 is 36.4 Å². The first-order valence-electron chi connectivity index (χ1n) is 4.73. The van der Waals surface area contributed by atoms with Gasteiger partial charge < -0.3 is 0 Å². The van der Waals surface area contributed by atoms with Gasteiger partial charge in [-0.25, -0.2) is 4.74 Å². The molecule has 22 heavy (non-hydrogen) atoms. The van der Waals surface area contributed by atoms with Crippen molar-refractivity contribution in [2.45, 2.75) is 36.4 Å². The predicted molar refractivity (Wildman–Crippen MR) is 38.6 cm³/mol. The van der Waals surface area contributed by atoms with E-state index in [1.165, 1.54) is 0 Å². The molecule has 2 nitrogen and oxygen atoms in total. The third kappa shape index (κ3) is 2.57. The summed E-state index contributed by atoms with van der Waals surface area (Å²) in [5.41, 5.74) is 0. The Kier molecular flexibility index (Phi) is 3.91. The van der Waals surface area contributed by atoms with E-state index in [-0.39, 0.29) is 0 Å². The molecule has 0 saturated carbocycles. The Hall–Kier alpha value is -0.990. The highest BCUT2D eigenvalue weighted by Gasteiger charge is 2.84. The average Bonchev–Trinajstić information content (AvgIpc) is 2.20.